The summed E-state index contributed by atoms with van der Waals surface area (Å²) in [4.78, 5) is 13.4. The quantitative estimate of drug-likeness (QED) is 0.786. The molecule has 1 aliphatic heterocycles. The van der Waals surface area contributed by atoms with Crippen molar-refractivity contribution in [3.05, 3.63) is 58.9 Å². The van der Waals surface area contributed by atoms with Crippen LogP contribution in [0.5, 0.6) is 0 Å². The highest BCUT2D eigenvalue weighted by atomic mass is 32.2. The molecule has 0 saturated carbocycles. The van der Waals surface area contributed by atoms with Crippen molar-refractivity contribution in [2.24, 2.45) is 0 Å². The molecule has 0 aromatic heterocycles. The van der Waals surface area contributed by atoms with E-state index < -0.39 is 33.2 Å². The molecule has 0 radical (unpaired) electrons. The maximum absolute atomic E-state index is 14.7. The minimum atomic E-state index is -4.11. The van der Waals surface area contributed by atoms with Crippen molar-refractivity contribution in [1.82, 2.24) is 0 Å². The van der Waals surface area contributed by atoms with Crippen molar-refractivity contribution in [3.8, 4) is 0 Å². The van der Waals surface area contributed by atoms with Crippen molar-refractivity contribution in [2.45, 2.75) is 31.9 Å². The Morgan fingerprint density at radius 3 is 2.57 bits per heavy atom. The summed E-state index contributed by atoms with van der Waals surface area (Å²) >= 11 is 0. The minimum Gasteiger partial charge on any atom is -0.309 e. The molecule has 0 aliphatic carbocycles. The molecule has 1 N–H and O–H groups in total. The third-order valence-corrected chi connectivity index (χ3v) is 5.66. The normalized spacial score (nSPS) is 14.1. The molecule has 1 aliphatic rings. The van der Waals surface area contributed by atoms with Crippen LogP contribution < -0.4 is 9.62 Å². The first-order chi connectivity index (χ1) is 13.2. The van der Waals surface area contributed by atoms with Crippen LogP contribution in [0.4, 0.5) is 24.5 Å². The smallest absolute Gasteiger partial charge is 0.237 e. The van der Waals surface area contributed by atoms with Gasteiger partial charge in [0.1, 0.15) is 5.82 Å². The Kier molecular flexibility index (Phi) is 5.64. The van der Waals surface area contributed by atoms with Crippen LogP contribution in [0.15, 0.2) is 30.3 Å². The Hall–Kier alpha value is -2.55. The molecule has 5 nitrogen and oxygen atoms in total. The predicted octanol–water partition coefficient (Wildman–Crippen LogP) is 3.74. The van der Waals surface area contributed by atoms with Crippen LogP contribution in [-0.2, 0) is 27.0 Å². The molecule has 2 aromatic carbocycles. The minimum absolute atomic E-state index is 0.0288. The maximum Gasteiger partial charge on any atom is 0.237 e. The molecule has 0 bridgehead atoms. The van der Waals surface area contributed by atoms with Crippen molar-refractivity contribution in [3.63, 3.8) is 0 Å². The van der Waals surface area contributed by atoms with Gasteiger partial charge in [-0.1, -0.05) is 19.1 Å². The summed E-state index contributed by atoms with van der Waals surface area (Å²) in [5, 5.41) is 0. The molecule has 150 valence electrons. The summed E-state index contributed by atoms with van der Waals surface area (Å²) in [6.45, 7) is 2.24. The number of aryl methyl sites for hydroxylation is 1. The van der Waals surface area contributed by atoms with E-state index in [1.165, 1.54) is 23.1 Å². The van der Waals surface area contributed by atoms with Gasteiger partial charge < -0.3 is 4.90 Å². The number of carbonyl (C=O) groups is 1. The number of halogens is 3. The van der Waals surface area contributed by atoms with E-state index >= 15 is 0 Å². The number of rotatable bonds is 6. The lowest BCUT2D eigenvalue weighted by molar-refractivity contribution is -0.118. The van der Waals surface area contributed by atoms with E-state index in [-0.39, 0.29) is 29.3 Å². The molecule has 0 unspecified atom stereocenters. The third-order valence-electron chi connectivity index (χ3n) is 4.42. The molecule has 0 spiro atoms. The van der Waals surface area contributed by atoms with Gasteiger partial charge in [0.05, 0.1) is 17.1 Å². The van der Waals surface area contributed by atoms with Gasteiger partial charge in [-0.3, -0.25) is 9.52 Å². The van der Waals surface area contributed by atoms with E-state index in [1.54, 1.807) is 0 Å². The van der Waals surface area contributed by atoms with Gasteiger partial charge in [0.2, 0.25) is 15.9 Å². The fourth-order valence-corrected chi connectivity index (χ4v) is 4.43. The van der Waals surface area contributed by atoms with Gasteiger partial charge in [-0.15, -0.1) is 0 Å². The average molecular weight is 412 g/mol. The highest BCUT2D eigenvalue weighted by Crippen LogP contribution is 2.34. The van der Waals surface area contributed by atoms with Crippen molar-refractivity contribution in [1.29, 1.82) is 0 Å². The standard InChI is InChI=1S/C19H19F3N2O3S/c1-2-8-24-17(25)7-6-12-9-14(10-16(21)19(12)24)23-28(26,27)11-13-4-3-5-15(20)18(13)22/h3-5,9-10,23H,2,6-8,11H2,1H3. The van der Waals surface area contributed by atoms with Gasteiger partial charge in [0, 0.05) is 24.6 Å². The number of hydrogen-bond acceptors (Lipinski definition) is 3. The summed E-state index contributed by atoms with van der Waals surface area (Å²) in [5.74, 6) is -4.07. The summed E-state index contributed by atoms with van der Waals surface area (Å²) in [7, 11) is -4.11. The first-order valence-electron chi connectivity index (χ1n) is 8.78. The Balaban J connectivity index is 1.88. The number of nitrogens with one attached hydrogen (secondary N) is 1. The zero-order valence-electron chi connectivity index (χ0n) is 15.1. The van der Waals surface area contributed by atoms with Crippen LogP contribution in [0, 0.1) is 17.5 Å². The molecule has 1 heterocycles. The van der Waals surface area contributed by atoms with Crippen molar-refractivity contribution < 1.29 is 26.4 Å². The SMILES string of the molecule is CCCN1C(=O)CCc2cc(NS(=O)(=O)Cc3cccc(F)c3F)cc(F)c21. The molecule has 28 heavy (non-hydrogen) atoms. The van der Waals surface area contributed by atoms with E-state index in [2.05, 4.69) is 4.72 Å². The van der Waals surface area contributed by atoms with Crippen LogP contribution >= 0.6 is 0 Å². The largest absolute Gasteiger partial charge is 0.309 e. The van der Waals surface area contributed by atoms with E-state index in [0.717, 1.165) is 12.1 Å². The van der Waals surface area contributed by atoms with Gasteiger partial charge in [-0.2, -0.15) is 0 Å². The van der Waals surface area contributed by atoms with Crippen LogP contribution in [0.1, 0.15) is 30.9 Å². The number of hydrogen-bond donors (Lipinski definition) is 1. The highest BCUT2D eigenvalue weighted by Gasteiger charge is 2.28. The van der Waals surface area contributed by atoms with Gasteiger partial charge >= 0.3 is 0 Å². The van der Waals surface area contributed by atoms with Crippen LogP contribution in [-0.4, -0.2) is 20.9 Å². The number of anilines is 2. The Labute approximate surface area is 161 Å². The van der Waals surface area contributed by atoms with E-state index in [4.69, 9.17) is 0 Å². The second kappa shape index (κ2) is 7.83. The predicted molar refractivity (Wildman–Crippen MR) is 100.0 cm³/mol. The summed E-state index contributed by atoms with van der Waals surface area (Å²) in [5.41, 5.74) is 0.324. The third kappa shape index (κ3) is 4.14. The molecule has 2 aromatic rings. The topological polar surface area (TPSA) is 66.5 Å². The molecule has 9 heteroatoms. The number of sulfonamides is 1. The number of carbonyl (C=O) groups excluding carboxylic acids is 1. The zero-order chi connectivity index (χ0) is 20.5. The van der Waals surface area contributed by atoms with Gasteiger partial charge in [0.15, 0.2) is 11.6 Å². The maximum atomic E-state index is 14.7. The number of benzene rings is 2. The average Bonchev–Trinajstić information content (AvgIpc) is 2.61. The number of fused-ring (bicyclic) bond motifs is 1. The molecule has 0 atom stereocenters. The van der Waals surface area contributed by atoms with Crippen LogP contribution in [0.3, 0.4) is 0 Å². The molecule has 0 saturated heterocycles. The summed E-state index contributed by atoms with van der Waals surface area (Å²) in [6, 6.07) is 5.72. The monoisotopic (exact) mass is 412 g/mol. The Morgan fingerprint density at radius 1 is 1.11 bits per heavy atom. The fraction of sp³-hybridized carbons (Fsp3) is 0.316. The zero-order valence-corrected chi connectivity index (χ0v) is 16.0. The molecule has 3 rings (SSSR count). The summed E-state index contributed by atoms with van der Waals surface area (Å²) < 4.78 is 68.6. The van der Waals surface area contributed by atoms with Gasteiger partial charge in [-0.05, 0) is 30.5 Å². The molecule has 1 amide bonds. The van der Waals surface area contributed by atoms with E-state index in [1.807, 2.05) is 6.92 Å². The molecule has 0 fully saturated rings. The fourth-order valence-electron chi connectivity index (χ4n) is 3.25. The lowest BCUT2D eigenvalue weighted by atomic mass is 10.00. The van der Waals surface area contributed by atoms with E-state index in [9.17, 15) is 26.4 Å². The first kappa shape index (κ1) is 20.2. The van der Waals surface area contributed by atoms with Crippen molar-refractivity contribution >= 4 is 27.3 Å². The molecular formula is C19H19F3N2O3S. The lowest BCUT2D eigenvalue weighted by Crippen LogP contribution is -2.36. The molecular weight excluding hydrogens is 393 g/mol. The van der Waals surface area contributed by atoms with Crippen LogP contribution in [0.2, 0.25) is 0 Å². The second-order valence-electron chi connectivity index (χ2n) is 6.59. The lowest BCUT2D eigenvalue weighted by Gasteiger charge is -2.30. The van der Waals surface area contributed by atoms with Gasteiger partial charge in [-0.25, -0.2) is 21.6 Å². The second-order valence-corrected chi connectivity index (χ2v) is 8.31. The van der Waals surface area contributed by atoms with E-state index in [0.29, 0.717) is 24.9 Å². The Bertz CT molecular complexity index is 1030. The van der Waals surface area contributed by atoms with Gasteiger partial charge in [0.25, 0.3) is 0 Å². The number of amides is 1. The Morgan fingerprint density at radius 2 is 1.86 bits per heavy atom. The van der Waals surface area contributed by atoms with Crippen molar-refractivity contribution in [2.75, 3.05) is 16.2 Å². The summed E-state index contributed by atoms with van der Waals surface area (Å²) in [6.07, 6.45) is 1.15. The number of nitrogens with zero attached hydrogens (tertiary/aromatic N) is 1. The highest BCUT2D eigenvalue weighted by molar-refractivity contribution is 7.91. The van der Waals surface area contributed by atoms with Crippen LogP contribution in [0.25, 0.3) is 0 Å². The first-order valence-corrected chi connectivity index (χ1v) is 10.4.